The van der Waals surface area contributed by atoms with E-state index in [1.54, 1.807) is 31.4 Å². The largest absolute Gasteiger partial charge is 0.496 e. The standard InChI is InChI=1S/C18H20FNO2/c1-13-12-15(7-10-17(13)22-2)18(21)20-11-3-4-14-5-8-16(19)9-6-14/h5-10,12H,3-4,11H2,1-2H3,(H,20,21). The van der Waals surface area contributed by atoms with Crippen LogP contribution in [0.25, 0.3) is 0 Å². The number of benzene rings is 2. The van der Waals surface area contributed by atoms with E-state index in [0.717, 1.165) is 29.7 Å². The molecule has 1 N–H and O–H groups in total. The molecule has 0 heterocycles. The normalized spacial score (nSPS) is 10.3. The maximum Gasteiger partial charge on any atom is 0.251 e. The summed E-state index contributed by atoms with van der Waals surface area (Å²) in [4.78, 5) is 12.1. The third kappa shape index (κ3) is 4.32. The summed E-state index contributed by atoms with van der Waals surface area (Å²) in [5.74, 6) is 0.449. The molecule has 2 aromatic rings. The maximum atomic E-state index is 12.8. The van der Waals surface area contributed by atoms with Crippen LogP contribution in [0, 0.1) is 12.7 Å². The van der Waals surface area contributed by atoms with Crippen molar-refractivity contribution in [3.8, 4) is 5.75 Å². The number of hydrogen-bond donors (Lipinski definition) is 1. The molecule has 0 aliphatic carbocycles. The number of rotatable bonds is 6. The van der Waals surface area contributed by atoms with Gasteiger partial charge in [-0.05, 0) is 61.2 Å². The molecule has 4 heteroatoms. The predicted octanol–water partition coefficient (Wildman–Crippen LogP) is 3.51. The van der Waals surface area contributed by atoms with E-state index in [2.05, 4.69) is 5.32 Å². The number of halogens is 1. The van der Waals surface area contributed by atoms with Gasteiger partial charge in [0.1, 0.15) is 11.6 Å². The second-order valence-electron chi connectivity index (χ2n) is 5.17. The van der Waals surface area contributed by atoms with Crippen LogP contribution in [0.15, 0.2) is 42.5 Å². The summed E-state index contributed by atoms with van der Waals surface area (Å²) in [5, 5.41) is 2.89. The molecule has 22 heavy (non-hydrogen) atoms. The molecular formula is C18H20FNO2. The summed E-state index contributed by atoms with van der Waals surface area (Å²) in [6.07, 6.45) is 1.62. The van der Waals surface area contributed by atoms with Gasteiger partial charge in [0.25, 0.3) is 5.91 Å². The minimum Gasteiger partial charge on any atom is -0.496 e. The topological polar surface area (TPSA) is 38.3 Å². The summed E-state index contributed by atoms with van der Waals surface area (Å²) >= 11 is 0. The molecule has 2 aromatic carbocycles. The van der Waals surface area contributed by atoms with Crippen molar-refractivity contribution < 1.29 is 13.9 Å². The highest BCUT2D eigenvalue weighted by molar-refractivity contribution is 5.94. The quantitative estimate of drug-likeness (QED) is 0.829. The van der Waals surface area contributed by atoms with Crippen LogP contribution in [0.3, 0.4) is 0 Å². The highest BCUT2D eigenvalue weighted by Gasteiger charge is 2.07. The molecule has 0 aliphatic heterocycles. The van der Waals surface area contributed by atoms with Crippen molar-refractivity contribution in [1.82, 2.24) is 5.32 Å². The number of ether oxygens (including phenoxy) is 1. The van der Waals surface area contributed by atoms with Gasteiger partial charge in [-0.2, -0.15) is 0 Å². The summed E-state index contributed by atoms with van der Waals surface area (Å²) in [7, 11) is 1.61. The molecule has 0 saturated heterocycles. The summed E-state index contributed by atoms with van der Waals surface area (Å²) < 4.78 is 18.0. The van der Waals surface area contributed by atoms with Gasteiger partial charge in [0.05, 0.1) is 7.11 Å². The maximum absolute atomic E-state index is 12.8. The number of amides is 1. The monoisotopic (exact) mass is 301 g/mol. The Morgan fingerprint density at radius 1 is 1.18 bits per heavy atom. The molecule has 0 aliphatic rings. The number of carbonyl (C=O) groups is 1. The minimum atomic E-state index is -0.230. The van der Waals surface area contributed by atoms with E-state index in [1.165, 1.54) is 12.1 Å². The molecule has 0 fully saturated rings. The van der Waals surface area contributed by atoms with E-state index in [1.807, 2.05) is 13.0 Å². The minimum absolute atomic E-state index is 0.0927. The van der Waals surface area contributed by atoms with E-state index in [0.29, 0.717) is 12.1 Å². The lowest BCUT2D eigenvalue weighted by Crippen LogP contribution is -2.24. The van der Waals surface area contributed by atoms with Crippen molar-refractivity contribution in [3.05, 3.63) is 65.0 Å². The second-order valence-corrected chi connectivity index (χ2v) is 5.17. The Balaban J connectivity index is 1.80. The van der Waals surface area contributed by atoms with Crippen LogP contribution in [0.4, 0.5) is 4.39 Å². The first kappa shape index (κ1) is 16.0. The molecule has 1 amide bonds. The van der Waals surface area contributed by atoms with Crippen LogP contribution in [-0.2, 0) is 6.42 Å². The van der Waals surface area contributed by atoms with Gasteiger partial charge in [0, 0.05) is 12.1 Å². The molecule has 0 bridgehead atoms. The zero-order valence-corrected chi connectivity index (χ0v) is 12.9. The van der Waals surface area contributed by atoms with Gasteiger partial charge in [0.2, 0.25) is 0 Å². The molecule has 0 unspecified atom stereocenters. The lowest BCUT2D eigenvalue weighted by molar-refractivity contribution is 0.0953. The number of carbonyl (C=O) groups excluding carboxylic acids is 1. The fourth-order valence-electron chi connectivity index (χ4n) is 2.27. The molecule has 0 aromatic heterocycles. The zero-order valence-electron chi connectivity index (χ0n) is 12.9. The summed E-state index contributed by atoms with van der Waals surface area (Å²) in [6.45, 7) is 2.49. The fourth-order valence-corrected chi connectivity index (χ4v) is 2.27. The van der Waals surface area contributed by atoms with Crippen LogP contribution in [0.2, 0.25) is 0 Å². The number of methoxy groups -OCH3 is 1. The van der Waals surface area contributed by atoms with E-state index < -0.39 is 0 Å². The Morgan fingerprint density at radius 2 is 1.91 bits per heavy atom. The average molecular weight is 301 g/mol. The first-order chi connectivity index (χ1) is 10.6. The number of aryl methyl sites for hydroxylation is 2. The van der Waals surface area contributed by atoms with Crippen LogP contribution < -0.4 is 10.1 Å². The van der Waals surface area contributed by atoms with Gasteiger partial charge in [-0.1, -0.05) is 12.1 Å². The van der Waals surface area contributed by atoms with Crippen molar-refractivity contribution >= 4 is 5.91 Å². The highest BCUT2D eigenvalue weighted by atomic mass is 19.1. The molecule has 0 radical (unpaired) electrons. The SMILES string of the molecule is COc1ccc(C(=O)NCCCc2ccc(F)cc2)cc1C. The van der Waals surface area contributed by atoms with Crippen molar-refractivity contribution in [3.63, 3.8) is 0 Å². The van der Waals surface area contributed by atoms with Crippen molar-refractivity contribution in [2.45, 2.75) is 19.8 Å². The Morgan fingerprint density at radius 3 is 2.55 bits per heavy atom. The van der Waals surface area contributed by atoms with E-state index in [4.69, 9.17) is 4.74 Å². The van der Waals surface area contributed by atoms with Gasteiger partial charge < -0.3 is 10.1 Å². The first-order valence-corrected chi connectivity index (χ1v) is 7.27. The number of hydrogen-bond acceptors (Lipinski definition) is 2. The lowest BCUT2D eigenvalue weighted by atomic mass is 10.1. The van der Waals surface area contributed by atoms with Crippen LogP contribution in [0.5, 0.6) is 5.75 Å². The highest BCUT2D eigenvalue weighted by Crippen LogP contribution is 2.18. The van der Waals surface area contributed by atoms with Crippen molar-refractivity contribution in [1.29, 1.82) is 0 Å². The van der Waals surface area contributed by atoms with Gasteiger partial charge in [0.15, 0.2) is 0 Å². The van der Waals surface area contributed by atoms with E-state index in [9.17, 15) is 9.18 Å². The van der Waals surface area contributed by atoms with Gasteiger partial charge in [-0.25, -0.2) is 4.39 Å². The average Bonchev–Trinajstić information content (AvgIpc) is 2.53. The van der Waals surface area contributed by atoms with Crippen LogP contribution >= 0.6 is 0 Å². The van der Waals surface area contributed by atoms with Gasteiger partial charge in [-0.3, -0.25) is 4.79 Å². The van der Waals surface area contributed by atoms with E-state index >= 15 is 0 Å². The fraction of sp³-hybridized carbons (Fsp3) is 0.278. The van der Waals surface area contributed by atoms with Crippen LogP contribution in [-0.4, -0.2) is 19.6 Å². The van der Waals surface area contributed by atoms with Gasteiger partial charge in [-0.15, -0.1) is 0 Å². The van der Waals surface area contributed by atoms with Crippen molar-refractivity contribution in [2.24, 2.45) is 0 Å². The molecular weight excluding hydrogens is 281 g/mol. The molecule has 0 saturated carbocycles. The Kier molecular flexibility index (Phi) is 5.53. The molecule has 0 spiro atoms. The zero-order chi connectivity index (χ0) is 15.9. The Labute approximate surface area is 130 Å². The lowest BCUT2D eigenvalue weighted by Gasteiger charge is -2.08. The summed E-state index contributed by atoms with van der Waals surface area (Å²) in [6, 6.07) is 11.8. The molecule has 3 nitrogen and oxygen atoms in total. The third-order valence-electron chi connectivity index (χ3n) is 3.50. The molecule has 2 rings (SSSR count). The first-order valence-electron chi connectivity index (χ1n) is 7.27. The molecule has 0 atom stereocenters. The van der Waals surface area contributed by atoms with Crippen molar-refractivity contribution in [2.75, 3.05) is 13.7 Å². The van der Waals surface area contributed by atoms with Crippen LogP contribution in [0.1, 0.15) is 27.9 Å². The Hall–Kier alpha value is -2.36. The second kappa shape index (κ2) is 7.59. The Bertz CT molecular complexity index is 638. The number of nitrogens with one attached hydrogen (secondary N) is 1. The van der Waals surface area contributed by atoms with Gasteiger partial charge >= 0.3 is 0 Å². The molecule has 116 valence electrons. The van der Waals surface area contributed by atoms with E-state index in [-0.39, 0.29) is 11.7 Å². The smallest absolute Gasteiger partial charge is 0.251 e. The summed E-state index contributed by atoms with van der Waals surface area (Å²) in [5.41, 5.74) is 2.62. The predicted molar refractivity (Wildman–Crippen MR) is 84.8 cm³/mol. The third-order valence-corrected chi connectivity index (χ3v) is 3.50.